The molecular weight excluding hydrogens is 216 g/mol. The molecule has 0 aliphatic carbocycles. The molecule has 3 heteroatoms. The highest BCUT2D eigenvalue weighted by Crippen LogP contribution is 2.19. The van der Waals surface area contributed by atoms with Gasteiger partial charge in [-0.25, -0.2) is 0 Å². The van der Waals surface area contributed by atoms with Crippen molar-refractivity contribution < 1.29 is 14.6 Å². The normalized spacial score (nSPS) is 14.8. The smallest absolute Gasteiger partial charge is 0.0700 e. The van der Waals surface area contributed by atoms with Crippen LogP contribution in [-0.2, 0) is 9.47 Å². The summed E-state index contributed by atoms with van der Waals surface area (Å²) < 4.78 is 10.2. The van der Waals surface area contributed by atoms with E-state index in [1.807, 2.05) is 0 Å². The van der Waals surface area contributed by atoms with Crippen molar-refractivity contribution in [1.29, 1.82) is 0 Å². The number of ether oxygens (including phenoxy) is 2. The maximum atomic E-state index is 9.90. The zero-order valence-electron chi connectivity index (χ0n) is 11.8. The average molecular weight is 246 g/mol. The maximum Gasteiger partial charge on any atom is 0.0700 e. The molecule has 1 N–H and O–H groups in total. The Morgan fingerprint density at radius 1 is 1.06 bits per heavy atom. The zero-order chi connectivity index (χ0) is 12.9. The van der Waals surface area contributed by atoms with E-state index in [2.05, 4.69) is 13.8 Å². The minimum atomic E-state index is -0.209. The van der Waals surface area contributed by atoms with Crippen LogP contribution in [0.3, 0.4) is 0 Å². The first kappa shape index (κ1) is 16.9. The van der Waals surface area contributed by atoms with Crippen LogP contribution >= 0.6 is 0 Å². The van der Waals surface area contributed by atoms with E-state index in [-0.39, 0.29) is 6.10 Å². The van der Waals surface area contributed by atoms with E-state index in [4.69, 9.17) is 9.47 Å². The van der Waals surface area contributed by atoms with E-state index in [1.165, 1.54) is 25.7 Å². The van der Waals surface area contributed by atoms with Crippen LogP contribution in [0.15, 0.2) is 0 Å². The summed E-state index contributed by atoms with van der Waals surface area (Å²) in [4.78, 5) is 0. The number of aliphatic hydroxyl groups is 1. The summed E-state index contributed by atoms with van der Waals surface area (Å²) in [5.41, 5.74) is 0. The van der Waals surface area contributed by atoms with Crippen molar-refractivity contribution in [3.8, 4) is 0 Å². The Morgan fingerprint density at radius 3 is 2.41 bits per heavy atom. The van der Waals surface area contributed by atoms with Gasteiger partial charge in [-0.15, -0.1) is 0 Å². The first-order valence-electron chi connectivity index (χ1n) is 6.99. The molecule has 2 atom stereocenters. The predicted octanol–water partition coefficient (Wildman–Crippen LogP) is 3.01. The van der Waals surface area contributed by atoms with Crippen LogP contribution in [0.1, 0.15) is 52.4 Å². The van der Waals surface area contributed by atoms with Gasteiger partial charge in [-0.1, -0.05) is 39.5 Å². The Balaban J connectivity index is 3.49. The van der Waals surface area contributed by atoms with Crippen molar-refractivity contribution in [3.63, 3.8) is 0 Å². The third-order valence-corrected chi connectivity index (χ3v) is 3.18. The Hall–Kier alpha value is -0.120. The fraction of sp³-hybridized carbons (Fsp3) is 1.00. The summed E-state index contributed by atoms with van der Waals surface area (Å²) >= 11 is 0. The molecule has 0 fully saturated rings. The molecule has 0 saturated carbocycles. The number of rotatable bonds is 12. The lowest BCUT2D eigenvalue weighted by molar-refractivity contribution is 0.0413. The third kappa shape index (κ3) is 10.7. The van der Waals surface area contributed by atoms with Crippen LogP contribution in [0.25, 0.3) is 0 Å². The molecule has 0 aliphatic heterocycles. The highest BCUT2D eigenvalue weighted by Gasteiger charge is 2.12. The van der Waals surface area contributed by atoms with Crippen molar-refractivity contribution in [2.75, 3.05) is 26.9 Å². The van der Waals surface area contributed by atoms with Crippen LogP contribution in [0.5, 0.6) is 0 Å². The quantitative estimate of drug-likeness (QED) is 0.538. The van der Waals surface area contributed by atoms with E-state index in [0.717, 1.165) is 12.8 Å². The topological polar surface area (TPSA) is 38.7 Å². The number of hydrogen-bond donors (Lipinski definition) is 1. The lowest BCUT2D eigenvalue weighted by atomic mass is 9.92. The van der Waals surface area contributed by atoms with Crippen molar-refractivity contribution >= 4 is 0 Å². The Labute approximate surface area is 107 Å². The van der Waals surface area contributed by atoms with Crippen molar-refractivity contribution in [2.45, 2.75) is 58.5 Å². The standard InChI is InChI=1S/C14H30O3/c1-4-6-7-13(5-2)12-14(15)8-9-17-11-10-16-3/h13-15H,4-12H2,1-3H3. The molecule has 0 aromatic carbocycles. The average Bonchev–Trinajstić information content (AvgIpc) is 2.34. The molecule has 0 radical (unpaired) electrons. The summed E-state index contributed by atoms with van der Waals surface area (Å²) in [5.74, 6) is 0.670. The molecule has 0 amide bonds. The fourth-order valence-electron chi connectivity index (χ4n) is 1.95. The second-order valence-corrected chi connectivity index (χ2v) is 4.70. The maximum absolute atomic E-state index is 9.90. The first-order valence-corrected chi connectivity index (χ1v) is 6.99. The summed E-state index contributed by atoms with van der Waals surface area (Å²) in [6.45, 7) is 6.31. The molecular formula is C14H30O3. The molecule has 0 bridgehead atoms. The van der Waals surface area contributed by atoms with Gasteiger partial charge < -0.3 is 14.6 Å². The number of unbranched alkanes of at least 4 members (excludes halogenated alkanes) is 1. The van der Waals surface area contributed by atoms with Crippen LogP contribution in [-0.4, -0.2) is 38.1 Å². The number of hydrogen-bond acceptors (Lipinski definition) is 3. The zero-order valence-corrected chi connectivity index (χ0v) is 11.8. The summed E-state index contributed by atoms with van der Waals surface area (Å²) in [7, 11) is 1.66. The number of aliphatic hydroxyl groups excluding tert-OH is 1. The van der Waals surface area contributed by atoms with Crippen molar-refractivity contribution in [3.05, 3.63) is 0 Å². The Morgan fingerprint density at radius 2 is 1.82 bits per heavy atom. The lowest BCUT2D eigenvalue weighted by Crippen LogP contribution is -2.16. The predicted molar refractivity (Wildman–Crippen MR) is 71.2 cm³/mol. The number of methoxy groups -OCH3 is 1. The molecule has 0 aromatic heterocycles. The van der Waals surface area contributed by atoms with Gasteiger partial charge in [0.05, 0.1) is 19.3 Å². The van der Waals surface area contributed by atoms with Gasteiger partial charge in [0.2, 0.25) is 0 Å². The Kier molecular flexibility index (Phi) is 12.3. The Bertz CT molecular complexity index is 150. The lowest BCUT2D eigenvalue weighted by Gasteiger charge is -2.18. The molecule has 2 unspecified atom stereocenters. The van der Waals surface area contributed by atoms with Gasteiger partial charge in [0.15, 0.2) is 0 Å². The van der Waals surface area contributed by atoms with Crippen LogP contribution in [0, 0.1) is 5.92 Å². The van der Waals surface area contributed by atoms with Crippen LogP contribution in [0.2, 0.25) is 0 Å². The second-order valence-electron chi connectivity index (χ2n) is 4.70. The van der Waals surface area contributed by atoms with Crippen molar-refractivity contribution in [2.24, 2.45) is 5.92 Å². The SMILES string of the molecule is CCCCC(CC)CC(O)CCOCCOC. The minimum Gasteiger partial charge on any atom is -0.393 e. The molecule has 0 rings (SSSR count). The monoisotopic (exact) mass is 246 g/mol. The van der Waals surface area contributed by atoms with Gasteiger partial charge in [-0.3, -0.25) is 0 Å². The van der Waals surface area contributed by atoms with Gasteiger partial charge in [-0.2, -0.15) is 0 Å². The molecule has 0 aliphatic rings. The van der Waals surface area contributed by atoms with Crippen LogP contribution in [0.4, 0.5) is 0 Å². The third-order valence-electron chi connectivity index (χ3n) is 3.18. The summed E-state index contributed by atoms with van der Waals surface area (Å²) in [6.07, 6.45) is 6.38. The molecule has 0 spiro atoms. The molecule has 0 aromatic rings. The molecule has 3 nitrogen and oxygen atoms in total. The van der Waals surface area contributed by atoms with E-state index < -0.39 is 0 Å². The molecule has 17 heavy (non-hydrogen) atoms. The second kappa shape index (κ2) is 12.3. The van der Waals surface area contributed by atoms with E-state index in [1.54, 1.807) is 7.11 Å². The van der Waals surface area contributed by atoms with Gasteiger partial charge in [0.25, 0.3) is 0 Å². The van der Waals surface area contributed by atoms with Crippen LogP contribution < -0.4 is 0 Å². The molecule has 0 heterocycles. The van der Waals surface area contributed by atoms with E-state index in [0.29, 0.717) is 25.7 Å². The first-order chi connectivity index (χ1) is 8.24. The van der Waals surface area contributed by atoms with Gasteiger partial charge in [0, 0.05) is 13.7 Å². The largest absolute Gasteiger partial charge is 0.393 e. The van der Waals surface area contributed by atoms with E-state index in [9.17, 15) is 5.11 Å². The van der Waals surface area contributed by atoms with E-state index >= 15 is 0 Å². The minimum absolute atomic E-state index is 0.209. The summed E-state index contributed by atoms with van der Waals surface area (Å²) in [6, 6.07) is 0. The highest BCUT2D eigenvalue weighted by atomic mass is 16.5. The molecule has 0 saturated heterocycles. The van der Waals surface area contributed by atoms with Crippen molar-refractivity contribution in [1.82, 2.24) is 0 Å². The fourth-order valence-corrected chi connectivity index (χ4v) is 1.95. The van der Waals surface area contributed by atoms with Gasteiger partial charge >= 0.3 is 0 Å². The highest BCUT2D eigenvalue weighted by molar-refractivity contribution is 4.64. The summed E-state index contributed by atoms with van der Waals surface area (Å²) in [5, 5.41) is 9.90. The van der Waals surface area contributed by atoms with Gasteiger partial charge in [-0.05, 0) is 18.8 Å². The van der Waals surface area contributed by atoms with Gasteiger partial charge in [0.1, 0.15) is 0 Å². The molecule has 104 valence electrons.